The number of amidine groups is 4. The molecule has 16 rings (SSSR count). The SMILES string of the molecule is C.C.C.C.CCN=C1N[C@@H]2[C@@H](O)[C@H](O)[C@@H](Cn3cc(COc4cccc(C(C)O)c4)nn3)O[C@@H]2S1.CCN=C1N[C@@H]2[C@@H](O)[C@H](O)[C@@H](Cn3cc(COc4cccc(C)c4)nn3)O[C@@H]2S1.CCN=C1N[C@@H]2[C@@H](O)[C@H](O)[C@@H](Cn3cc(COc4cccc(CO)c4)nn3)O[C@@H]2S1.CCN=C1N[C@@H]2[C@@H](O)[C@H](O)[C@@H](Cn3cc(COc4cccc(Cl)c4)nn3)O[C@@H]2S1. The van der Waals surface area contributed by atoms with Gasteiger partial charge in [0.1, 0.15) is 167 Å². The lowest BCUT2D eigenvalue weighted by Crippen LogP contribution is -2.59. The van der Waals surface area contributed by atoms with Crippen LogP contribution < -0.4 is 40.2 Å². The van der Waals surface area contributed by atoms with E-state index in [0.717, 1.165) is 32.8 Å². The molecule has 12 heterocycles. The number of aliphatic hydroxyl groups excluding tert-OH is 10. The van der Waals surface area contributed by atoms with Crippen molar-refractivity contribution in [1.82, 2.24) is 81.2 Å². The highest BCUT2D eigenvalue weighted by molar-refractivity contribution is 8.15. The van der Waals surface area contributed by atoms with Gasteiger partial charge in [0.15, 0.2) is 20.7 Å². The van der Waals surface area contributed by atoms with Gasteiger partial charge in [-0.1, -0.05) is 152 Å². The van der Waals surface area contributed by atoms with Gasteiger partial charge in [-0.05, 0) is 113 Å². The molecule has 8 aliphatic heterocycles. The van der Waals surface area contributed by atoms with Crippen LogP contribution in [0.2, 0.25) is 5.02 Å². The van der Waals surface area contributed by atoms with Gasteiger partial charge in [-0.3, -0.25) is 20.0 Å². The van der Waals surface area contributed by atoms with Gasteiger partial charge in [-0.25, -0.2) is 18.7 Å². The Morgan fingerprint density at radius 2 is 0.707 bits per heavy atom. The molecular weight excluding hydrogens is 1690 g/mol. The maximum absolute atomic E-state index is 10.5. The van der Waals surface area contributed by atoms with Crippen LogP contribution in [0.1, 0.15) is 110 Å². The predicted molar refractivity (Wildman–Crippen MR) is 469 cm³/mol. The van der Waals surface area contributed by atoms with Gasteiger partial charge in [-0.2, -0.15) is 0 Å². The van der Waals surface area contributed by atoms with Crippen molar-refractivity contribution in [2.75, 3.05) is 26.2 Å². The van der Waals surface area contributed by atoms with Gasteiger partial charge < -0.3 is 110 Å². The van der Waals surface area contributed by atoms with E-state index in [1.165, 1.54) is 47.0 Å². The monoisotopic (exact) mass is 1810 g/mol. The van der Waals surface area contributed by atoms with E-state index in [1.54, 1.807) is 86.8 Å². The molecule has 0 aliphatic carbocycles. The van der Waals surface area contributed by atoms with Crippen molar-refractivity contribution in [3.63, 3.8) is 0 Å². The number of nitrogens with one attached hydrogen (secondary N) is 4. The Hall–Kier alpha value is -8.35. The van der Waals surface area contributed by atoms with Crippen LogP contribution in [-0.4, -0.2) is 277 Å². The minimum atomic E-state index is -1.07. The third-order valence-corrected chi connectivity index (χ3v) is 24.3. The summed E-state index contributed by atoms with van der Waals surface area (Å²) in [5.41, 5.74) is 3.89. The summed E-state index contributed by atoms with van der Waals surface area (Å²) in [7, 11) is 0. The quantitative estimate of drug-likeness (QED) is 0.0352. The van der Waals surface area contributed by atoms with Crippen LogP contribution in [-0.2, 0) is 78.2 Å². The number of hydrogen-bond acceptors (Lipinski definition) is 34. The first-order valence-electron chi connectivity index (χ1n) is 38.9. The number of aliphatic hydroxyl groups is 10. The standard InChI is InChI=1S/C20H27N5O5S.C19H25N5O5S.C19H25N5O4S.C18H22ClN5O4S.4CH4/c1-3-21-20-22-16-18(28)17(27)15(30-19(16)31-20)9-25-8-13(23-24-25)10-29-14-6-4-5-12(7-14)11(2)26;1-2-20-19-21-15-17(27)16(26)14(29-18(15)30-19)8-24-7-12(22-23-24)10-28-13-5-3-4-11(6-13)9-25;1-3-20-19-21-15-17(26)16(25)14(28-18(15)29-19)9-24-8-12(22-23-24)10-27-13-6-4-5-11(2)7-13;1-2-20-18-21-14-16(26)15(25)13(28-17(14)29-18)8-24-7-11(22-23-24)9-27-12-5-3-4-10(19)6-12;;;;/h4-8,11,15-19,26-28H,3,9-10H2,1-2H3,(H,21,22);3-7,14-18,25-27H,2,8-10H2,1H3,(H,20,21);4-8,14-18,25-26H,3,9-10H2,1-2H3,(H,20,21);3-7,13-17,25-26H,2,8-9H2,1H3,(H,20,21);4*1H4/t11?,15-,16-,17-,18-,19-;2*14-,15-,16-,17-,18-;13-,14-,15-,16-,17-;;;;/m1111..../s1. The highest BCUT2D eigenvalue weighted by Crippen LogP contribution is 2.39. The number of thioether (sulfide) groups is 4. The highest BCUT2D eigenvalue weighted by Gasteiger charge is 2.53. The first-order valence-corrected chi connectivity index (χ1v) is 42.8. The normalized spacial score (nSPS) is 29.0. The summed E-state index contributed by atoms with van der Waals surface area (Å²) in [6, 6.07) is 27.7. The summed E-state index contributed by atoms with van der Waals surface area (Å²) in [4.78, 5) is 17.3. The molecule has 14 N–H and O–H groups in total. The van der Waals surface area contributed by atoms with Gasteiger partial charge in [0.25, 0.3) is 0 Å². The Kier molecular flexibility index (Phi) is 37.4. The number of ether oxygens (including phenoxy) is 8. The first kappa shape index (κ1) is 98.4. The van der Waals surface area contributed by atoms with Gasteiger partial charge in [-0.15, -0.1) is 20.4 Å². The van der Waals surface area contributed by atoms with Crippen LogP contribution >= 0.6 is 58.6 Å². The average Bonchev–Trinajstić information content (AvgIpc) is 1.69. The molecule has 4 aromatic heterocycles. The summed E-state index contributed by atoms with van der Waals surface area (Å²) in [5.74, 6) is 2.67. The number of hydrogen-bond donors (Lipinski definition) is 14. The van der Waals surface area contributed by atoms with Crippen molar-refractivity contribution in [1.29, 1.82) is 0 Å². The minimum Gasteiger partial charge on any atom is -0.487 e. The van der Waals surface area contributed by atoms with E-state index in [4.69, 9.17) is 49.5 Å². The van der Waals surface area contributed by atoms with Crippen molar-refractivity contribution < 1.29 is 89.0 Å². The lowest BCUT2D eigenvalue weighted by atomic mass is 9.98. The number of aryl methyl sites for hydroxylation is 1. The van der Waals surface area contributed by atoms with E-state index in [-0.39, 0.29) is 110 Å². The zero-order valence-electron chi connectivity index (χ0n) is 65.8. The molecule has 0 bridgehead atoms. The molecule has 38 nitrogen and oxygen atoms in total. The number of aliphatic imine (C=N–C) groups is 4. The number of benzene rings is 4. The number of aromatic nitrogens is 12. The summed E-state index contributed by atoms with van der Waals surface area (Å²) >= 11 is 11.6. The molecule has 21 atom stereocenters. The van der Waals surface area contributed by atoms with Crippen molar-refractivity contribution in [2.45, 2.75) is 256 Å². The molecular formula is C80H115ClN20O18S4. The molecule has 0 saturated carbocycles. The Morgan fingerprint density at radius 3 is 1.01 bits per heavy atom. The lowest BCUT2D eigenvalue weighted by Gasteiger charge is -2.38. The molecule has 43 heteroatoms. The van der Waals surface area contributed by atoms with E-state index in [1.807, 2.05) is 95.3 Å². The minimum absolute atomic E-state index is 0. The third kappa shape index (κ3) is 26.0. The van der Waals surface area contributed by atoms with E-state index < -0.39 is 97.5 Å². The second-order valence-electron chi connectivity index (χ2n) is 28.6. The molecule has 8 aliphatic rings. The van der Waals surface area contributed by atoms with Crippen LogP contribution in [0.5, 0.6) is 23.0 Å². The summed E-state index contributed by atoms with van der Waals surface area (Å²) in [5, 5.41) is 152. The lowest BCUT2D eigenvalue weighted by molar-refractivity contribution is -0.160. The highest BCUT2D eigenvalue weighted by atomic mass is 35.5. The Balaban J connectivity index is 0.000000184. The van der Waals surface area contributed by atoms with Gasteiger partial charge in [0.05, 0.1) is 87.8 Å². The predicted octanol–water partition coefficient (Wildman–Crippen LogP) is 4.59. The number of fused-ring (bicyclic) bond motifs is 4. The zero-order chi connectivity index (χ0) is 83.8. The Bertz CT molecular complexity index is 4590. The van der Waals surface area contributed by atoms with Crippen molar-refractivity contribution in [2.24, 2.45) is 20.0 Å². The number of nitrogens with zero attached hydrogens (tertiary/aromatic N) is 16. The topological polar surface area (TPSA) is 497 Å². The average molecular weight is 1810 g/mol. The Morgan fingerprint density at radius 1 is 0.415 bits per heavy atom. The van der Waals surface area contributed by atoms with Crippen LogP contribution in [0, 0.1) is 6.92 Å². The summed E-state index contributed by atoms with van der Waals surface area (Å²) in [6.07, 6.45) is -4.24. The zero-order valence-corrected chi connectivity index (χ0v) is 69.8. The van der Waals surface area contributed by atoms with Gasteiger partial charge >= 0.3 is 0 Å². The van der Waals surface area contributed by atoms with E-state index in [0.29, 0.717) is 88.2 Å². The molecule has 0 amide bonds. The van der Waals surface area contributed by atoms with Crippen molar-refractivity contribution in [3.05, 3.63) is 166 Å². The van der Waals surface area contributed by atoms with E-state index >= 15 is 0 Å². The van der Waals surface area contributed by atoms with Crippen LogP contribution in [0.4, 0.5) is 0 Å². The van der Waals surface area contributed by atoms with E-state index in [9.17, 15) is 51.1 Å². The summed E-state index contributed by atoms with van der Waals surface area (Å²) in [6.45, 7) is 15.9. The molecule has 4 aromatic carbocycles. The van der Waals surface area contributed by atoms with Crippen LogP contribution in [0.25, 0.3) is 0 Å². The molecule has 8 fully saturated rings. The molecule has 674 valence electrons. The number of rotatable bonds is 26. The maximum atomic E-state index is 10.5. The fourth-order valence-electron chi connectivity index (χ4n) is 13.6. The third-order valence-electron chi connectivity index (χ3n) is 19.6. The van der Waals surface area contributed by atoms with E-state index in [2.05, 4.69) is 82.5 Å². The molecule has 8 aromatic rings. The largest absolute Gasteiger partial charge is 0.487 e. The number of halogens is 1. The second kappa shape index (κ2) is 46.7. The van der Waals surface area contributed by atoms with Crippen LogP contribution in [0.15, 0.2) is 142 Å². The molecule has 0 spiro atoms. The van der Waals surface area contributed by atoms with Crippen molar-refractivity contribution >= 4 is 79.3 Å². The molecule has 0 radical (unpaired) electrons. The fourth-order valence-corrected chi connectivity index (χ4v) is 18.6. The maximum Gasteiger partial charge on any atom is 0.159 e. The fraction of sp³-hybridized carbons (Fsp3) is 0.550. The molecule has 8 saturated heterocycles. The first-order chi connectivity index (χ1) is 57.6. The molecule has 1 unspecified atom stereocenters. The van der Waals surface area contributed by atoms with Gasteiger partial charge in [0, 0.05) is 31.2 Å². The second-order valence-corrected chi connectivity index (χ2v) is 33.4. The van der Waals surface area contributed by atoms with Gasteiger partial charge in [0.2, 0.25) is 0 Å². The van der Waals surface area contributed by atoms with Crippen LogP contribution in [0.3, 0.4) is 0 Å². The Labute approximate surface area is 736 Å². The molecule has 123 heavy (non-hydrogen) atoms. The van der Waals surface area contributed by atoms with Crippen molar-refractivity contribution in [3.8, 4) is 23.0 Å². The smallest absolute Gasteiger partial charge is 0.159 e. The summed E-state index contributed by atoms with van der Waals surface area (Å²) < 4.78 is 53.2.